The number of amides is 2. The maximum absolute atomic E-state index is 13.7. The Morgan fingerprint density at radius 1 is 1.06 bits per heavy atom. The molecule has 2 amide bonds. The first-order chi connectivity index (χ1) is 17.4. The molecule has 0 N–H and O–H groups in total. The molecule has 6 nitrogen and oxygen atoms in total. The molecular formula is C27H29ClF2N2O4. The molecule has 0 radical (unpaired) electrons. The summed E-state index contributed by atoms with van der Waals surface area (Å²) < 4.78 is 33.5. The van der Waals surface area contributed by atoms with E-state index in [-0.39, 0.29) is 23.7 Å². The predicted octanol–water partition coefficient (Wildman–Crippen LogP) is 5.84. The van der Waals surface area contributed by atoms with Crippen LogP contribution in [0.25, 0.3) is 0 Å². The summed E-state index contributed by atoms with van der Waals surface area (Å²) in [5, 5.41) is 1.82. The molecule has 36 heavy (non-hydrogen) atoms. The number of hydroxylamine groups is 2. The molecule has 2 saturated heterocycles. The van der Waals surface area contributed by atoms with Crippen LogP contribution in [0.4, 0.5) is 14.5 Å². The number of hydrogen-bond acceptors (Lipinski definition) is 4. The highest BCUT2D eigenvalue weighted by atomic mass is 35.5. The minimum absolute atomic E-state index is 0.109. The van der Waals surface area contributed by atoms with Crippen molar-refractivity contribution >= 4 is 29.1 Å². The molecule has 5 rings (SSSR count). The van der Waals surface area contributed by atoms with E-state index in [2.05, 4.69) is 0 Å². The van der Waals surface area contributed by atoms with Gasteiger partial charge in [-0.25, -0.2) is 13.8 Å². The molecule has 0 unspecified atom stereocenters. The average Bonchev–Trinajstić information content (AvgIpc) is 3.52. The fourth-order valence-corrected chi connectivity index (χ4v) is 5.58. The molecule has 1 saturated carbocycles. The smallest absolute Gasteiger partial charge is 0.249 e. The van der Waals surface area contributed by atoms with E-state index < -0.39 is 17.7 Å². The van der Waals surface area contributed by atoms with Crippen LogP contribution in [0.15, 0.2) is 36.4 Å². The number of halogens is 3. The summed E-state index contributed by atoms with van der Waals surface area (Å²) >= 11 is 6.34. The van der Waals surface area contributed by atoms with Crippen LogP contribution in [-0.4, -0.2) is 36.6 Å². The summed E-state index contributed by atoms with van der Waals surface area (Å²) in [6.07, 6.45) is 4.91. The Labute approximate surface area is 214 Å². The van der Waals surface area contributed by atoms with Crippen LogP contribution in [0.3, 0.4) is 0 Å². The first-order valence-corrected chi connectivity index (χ1v) is 12.9. The molecule has 3 aliphatic rings. The lowest BCUT2D eigenvalue weighted by Gasteiger charge is -2.32. The fraction of sp³-hybridized carbons (Fsp3) is 0.481. The van der Waals surface area contributed by atoms with Gasteiger partial charge in [-0.3, -0.25) is 14.4 Å². The molecule has 9 heteroatoms. The zero-order chi connectivity index (χ0) is 25.2. The van der Waals surface area contributed by atoms with Crippen molar-refractivity contribution in [3.05, 3.63) is 58.6 Å². The van der Waals surface area contributed by atoms with Crippen LogP contribution >= 0.6 is 11.6 Å². The lowest BCUT2D eigenvalue weighted by Crippen LogP contribution is -2.37. The monoisotopic (exact) mass is 518 g/mol. The number of anilines is 1. The Balaban J connectivity index is 1.15. The summed E-state index contributed by atoms with van der Waals surface area (Å²) in [6, 6.07) is 8.27. The standard InChI is InChI=1S/C27H29ClF2N2O4/c28-23-8-7-22(31-10-1-2-26(31)33)15-25(23)35-16-17-3-5-18(6-4-17)27(34)32-24(9-11-36-32)19-12-20(29)14-21(30)13-19/h7-8,12-15,17-18,24H,1-6,9-11,16H2/t17?,18?,24-/m0/s1. The van der Waals surface area contributed by atoms with E-state index in [4.69, 9.17) is 21.2 Å². The quantitative estimate of drug-likeness (QED) is 0.482. The van der Waals surface area contributed by atoms with Crippen LogP contribution < -0.4 is 9.64 Å². The van der Waals surface area contributed by atoms with Crippen molar-refractivity contribution in [3.8, 4) is 5.75 Å². The normalized spacial score (nSPS) is 24.4. The molecule has 3 fully saturated rings. The Morgan fingerprint density at radius 3 is 2.50 bits per heavy atom. The SMILES string of the molecule is O=C1CCCN1c1ccc(Cl)c(OCC2CCC(C(=O)N3OCC[C@H]3c3cc(F)cc(F)c3)CC2)c1. The molecule has 1 aliphatic carbocycles. The second-order valence-corrected chi connectivity index (χ2v) is 10.2. The van der Waals surface area contributed by atoms with Gasteiger partial charge in [-0.2, -0.15) is 0 Å². The predicted molar refractivity (Wildman–Crippen MR) is 130 cm³/mol. The third-order valence-electron chi connectivity index (χ3n) is 7.36. The minimum Gasteiger partial charge on any atom is -0.492 e. The highest BCUT2D eigenvalue weighted by Crippen LogP contribution is 2.38. The van der Waals surface area contributed by atoms with E-state index in [1.807, 2.05) is 12.1 Å². The maximum Gasteiger partial charge on any atom is 0.249 e. The van der Waals surface area contributed by atoms with Crippen molar-refractivity contribution in [2.24, 2.45) is 11.8 Å². The van der Waals surface area contributed by atoms with Gasteiger partial charge in [0.15, 0.2) is 0 Å². The van der Waals surface area contributed by atoms with Gasteiger partial charge in [-0.1, -0.05) is 11.6 Å². The van der Waals surface area contributed by atoms with Crippen molar-refractivity contribution in [1.29, 1.82) is 0 Å². The van der Waals surface area contributed by atoms with E-state index in [9.17, 15) is 18.4 Å². The van der Waals surface area contributed by atoms with Crippen molar-refractivity contribution in [2.75, 3.05) is 24.7 Å². The summed E-state index contributed by atoms with van der Waals surface area (Å²) in [7, 11) is 0. The van der Waals surface area contributed by atoms with Crippen LogP contribution in [0, 0.1) is 23.5 Å². The Hall–Kier alpha value is -2.71. The first-order valence-electron chi connectivity index (χ1n) is 12.5. The second kappa shape index (κ2) is 10.7. The lowest BCUT2D eigenvalue weighted by molar-refractivity contribution is -0.183. The largest absolute Gasteiger partial charge is 0.492 e. The molecule has 2 aliphatic heterocycles. The van der Waals surface area contributed by atoms with Crippen molar-refractivity contribution in [1.82, 2.24) is 5.06 Å². The summed E-state index contributed by atoms with van der Waals surface area (Å²) in [6.45, 7) is 1.51. The lowest BCUT2D eigenvalue weighted by atomic mass is 9.81. The van der Waals surface area contributed by atoms with Crippen LogP contribution in [-0.2, 0) is 14.4 Å². The van der Waals surface area contributed by atoms with Crippen LogP contribution in [0.2, 0.25) is 5.02 Å². The van der Waals surface area contributed by atoms with Gasteiger partial charge in [-0.05, 0) is 67.9 Å². The summed E-state index contributed by atoms with van der Waals surface area (Å²) in [5.41, 5.74) is 1.21. The van der Waals surface area contributed by atoms with Crippen LogP contribution in [0.1, 0.15) is 56.6 Å². The molecule has 1 atom stereocenters. The number of rotatable bonds is 6. The van der Waals surface area contributed by atoms with Gasteiger partial charge < -0.3 is 9.64 Å². The number of carbonyl (C=O) groups is 2. The van der Waals surface area contributed by atoms with Gasteiger partial charge in [0.05, 0.1) is 24.3 Å². The van der Waals surface area contributed by atoms with Gasteiger partial charge in [-0.15, -0.1) is 0 Å². The molecule has 0 aromatic heterocycles. The van der Waals surface area contributed by atoms with Gasteiger partial charge in [0.2, 0.25) is 11.8 Å². The number of hydrogen-bond donors (Lipinski definition) is 0. The highest BCUT2D eigenvalue weighted by molar-refractivity contribution is 6.32. The third-order valence-corrected chi connectivity index (χ3v) is 7.67. The summed E-state index contributed by atoms with van der Waals surface area (Å²) in [5.74, 6) is -0.721. The Kier molecular flexibility index (Phi) is 7.44. The minimum atomic E-state index is -0.664. The van der Waals surface area contributed by atoms with E-state index in [0.717, 1.165) is 31.0 Å². The van der Waals surface area contributed by atoms with E-state index in [1.54, 1.807) is 11.0 Å². The number of nitrogens with zero attached hydrogens (tertiary/aromatic N) is 2. The zero-order valence-electron chi connectivity index (χ0n) is 19.9. The Morgan fingerprint density at radius 2 is 1.81 bits per heavy atom. The average molecular weight is 519 g/mol. The molecular weight excluding hydrogens is 490 g/mol. The number of benzene rings is 2. The number of carbonyl (C=O) groups excluding carboxylic acids is 2. The van der Waals surface area contributed by atoms with E-state index in [0.29, 0.717) is 61.8 Å². The van der Waals surface area contributed by atoms with Crippen molar-refractivity contribution in [2.45, 2.75) is 51.0 Å². The van der Waals surface area contributed by atoms with Gasteiger partial charge in [0.25, 0.3) is 0 Å². The van der Waals surface area contributed by atoms with Gasteiger partial charge in [0, 0.05) is 43.1 Å². The molecule has 0 bridgehead atoms. The number of ether oxygens (including phenoxy) is 1. The van der Waals surface area contributed by atoms with Gasteiger partial charge in [0.1, 0.15) is 17.4 Å². The molecule has 2 heterocycles. The summed E-state index contributed by atoms with van der Waals surface area (Å²) in [4.78, 5) is 32.6. The first kappa shape index (κ1) is 25.0. The molecule has 2 aromatic carbocycles. The van der Waals surface area contributed by atoms with E-state index in [1.165, 1.54) is 17.2 Å². The fourth-order valence-electron chi connectivity index (χ4n) is 5.41. The third kappa shape index (κ3) is 5.34. The zero-order valence-corrected chi connectivity index (χ0v) is 20.7. The molecule has 2 aromatic rings. The van der Waals surface area contributed by atoms with Gasteiger partial charge >= 0.3 is 0 Å². The van der Waals surface area contributed by atoms with Crippen LogP contribution in [0.5, 0.6) is 5.75 Å². The maximum atomic E-state index is 13.7. The second-order valence-electron chi connectivity index (χ2n) is 9.80. The highest BCUT2D eigenvalue weighted by Gasteiger charge is 2.37. The van der Waals surface area contributed by atoms with E-state index >= 15 is 0 Å². The topological polar surface area (TPSA) is 59.1 Å². The molecule has 0 spiro atoms. The Bertz CT molecular complexity index is 1120. The van der Waals surface area contributed by atoms with Crippen molar-refractivity contribution in [3.63, 3.8) is 0 Å². The van der Waals surface area contributed by atoms with Crippen molar-refractivity contribution < 1.29 is 27.9 Å². The molecule has 192 valence electrons.